The van der Waals surface area contributed by atoms with Crippen LogP contribution < -0.4 is 9.47 Å². The van der Waals surface area contributed by atoms with E-state index in [4.69, 9.17) is 18.9 Å². The van der Waals surface area contributed by atoms with Crippen molar-refractivity contribution in [3.63, 3.8) is 0 Å². The monoisotopic (exact) mass is 310 g/mol. The van der Waals surface area contributed by atoms with Gasteiger partial charge in [-0.25, -0.2) is 0 Å². The SMILES string of the molecule is CC(=O)OCC(COc1ccccc1OC(C)=O)OC(C)=O. The standard InChI is InChI=1S/C15H18O7/c1-10(16)19-8-13(21-11(2)17)9-20-14-6-4-5-7-15(14)22-12(3)18/h4-7,13H,8-9H2,1-3H3. The summed E-state index contributed by atoms with van der Waals surface area (Å²) in [6.45, 7) is 3.60. The first-order valence-corrected chi connectivity index (χ1v) is 6.59. The molecule has 0 radical (unpaired) electrons. The topological polar surface area (TPSA) is 88.1 Å². The van der Waals surface area contributed by atoms with Crippen LogP contribution in [0.15, 0.2) is 24.3 Å². The van der Waals surface area contributed by atoms with Crippen LogP contribution in [0.2, 0.25) is 0 Å². The van der Waals surface area contributed by atoms with Gasteiger partial charge in [-0.15, -0.1) is 0 Å². The summed E-state index contributed by atoms with van der Waals surface area (Å²) in [6.07, 6.45) is -0.758. The summed E-state index contributed by atoms with van der Waals surface area (Å²) in [5.74, 6) is -0.916. The highest BCUT2D eigenvalue weighted by Gasteiger charge is 2.16. The Morgan fingerprint density at radius 2 is 1.55 bits per heavy atom. The summed E-state index contributed by atoms with van der Waals surface area (Å²) in [7, 11) is 0. The van der Waals surface area contributed by atoms with Gasteiger partial charge in [0.15, 0.2) is 17.6 Å². The van der Waals surface area contributed by atoms with Gasteiger partial charge in [0.1, 0.15) is 13.2 Å². The summed E-state index contributed by atoms with van der Waals surface area (Å²) in [5, 5.41) is 0. The van der Waals surface area contributed by atoms with Gasteiger partial charge in [0.05, 0.1) is 0 Å². The summed E-state index contributed by atoms with van der Waals surface area (Å²) in [4.78, 5) is 32.9. The van der Waals surface area contributed by atoms with Gasteiger partial charge >= 0.3 is 17.9 Å². The molecule has 0 saturated heterocycles. The lowest BCUT2D eigenvalue weighted by Gasteiger charge is -2.18. The van der Waals surface area contributed by atoms with Crippen LogP contribution in [0, 0.1) is 0 Å². The first-order chi connectivity index (χ1) is 10.4. The van der Waals surface area contributed by atoms with Crippen LogP contribution in [0.5, 0.6) is 11.5 Å². The van der Waals surface area contributed by atoms with E-state index in [0.29, 0.717) is 5.75 Å². The largest absolute Gasteiger partial charge is 0.486 e. The average Bonchev–Trinajstić information content (AvgIpc) is 2.42. The maximum absolute atomic E-state index is 11.0. The van der Waals surface area contributed by atoms with E-state index in [0.717, 1.165) is 0 Å². The lowest BCUT2D eigenvalue weighted by atomic mass is 10.3. The van der Waals surface area contributed by atoms with Crippen molar-refractivity contribution in [1.29, 1.82) is 0 Å². The van der Waals surface area contributed by atoms with Crippen LogP contribution in [0.4, 0.5) is 0 Å². The van der Waals surface area contributed by atoms with Crippen LogP contribution in [0.25, 0.3) is 0 Å². The van der Waals surface area contributed by atoms with E-state index in [9.17, 15) is 14.4 Å². The van der Waals surface area contributed by atoms with E-state index in [1.165, 1.54) is 20.8 Å². The van der Waals surface area contributed by atoms with Crippen molar-refractivity contribution >= 4 is 17.9 Å². The number of hydrogen-bond donors (Lipinski definition) is 0. The summed E-state index contributed by atoms with van der Waals surface area (Å²) >= 11 is 0. The third kappa shape index (κ3) is 6.74. The molecule has 0 saturated carbocycles. The quantitative estimate of drug-likeness (QED) is 0.557. The Morgan fingerprint density at radius 1 is 0.909 bits per heavy atom. The molecule has 120 valence electrons. The number of esters is 3. The molecular formula is C15H18O7. The number of ether oxygens (including phenoxy) is 4. The fourth-order valence-electron chi connectivity index (χ4n) is 1.55. The van der Waals surface area contributed by atoms with E-state index in [-0.39, 0.29) is 19.0 Å². The van der Waals surface area contributed by atoms with Crippen molar-refractivity contribution in [1.82, 2.24) is 0 Å². The molecule has 22 heavy (non-hydrogen) atoms. The number of rotatable bonds is 7. The minimum absolute atomic E-state index is 0.0505. The van der Waals surface area contributed by atoms with Gasteiger partial charge in [0, 0.05) is 20.8 Å². The Bertz CT molecular complexity index is 538. The van der Waals surface area contributed by atoms with Crippen LogP contribution in [0.1, 0.15) is 20.8 Å². The number of para-hydroxylation sites is 2. The fraction of sp³-hybridized carbons (Fsp3) is 0.400. The van der Waals surface area contributed by atoms with Crippen LogP contribution >= 0.6 is 0 Å². The van der Waals surface area contributed by atoms with Gasteiger partial charge in [-0.1, -0.05) is 12.1 Å². The lowest BCUT2D eigenvalue weighted by molar-refractivity contribution is -0.158. The van der Waals surface area contributed by atoms with Gasteiger partial charge in [-0.05, 0) is 12.1 Å². The molecule has 7 nitrogen and oxygen atoms in total. The van der Waals surface area contributed by atoms with Crippen LogP contribution in [0.3, 0.4) is 0 Å². The molecule has 0 heterocycles. The summed E-state index contributed by atoms with van der Waals surface area (Å²) in [5.41, 5.74) is 0. The van der Waals surface area contributed by atoms with Crippen LogP contribution in [-0.2, 0) is 23.9 Å². The highest BCUT2D eigenvalue weighted by Crippen LogP contribution is 2.26. The van der Waals surface area contributed by atoms with Crippen LogP contribution in [-0.4, -0.2) is 37.2 Å². The second kappa shape index (κ2) is 8.66. The zero-order chi connectivity index (χ0) is 16.5. The molecule has 1 rings (SSSR count). The molecule has 0 aliphatic carbocycles. The molecule has 0 amide bonds. The summed E-state index contributed by atoms with van der Waals surface area (Å²) in [6, 6.07) is 6.57. The van der Waals surface area contributed by atoms with E-state index < -0.39 is 24.0 Å². The molecule has 0 N–H and O–H groups in total. The van der Waals surface area contributed by atoms with Gasteiger partial charge in [-0.2, -0.15) is 0 Å². The van der Waals surface area contributed by atoms with Gasteiger partial charge in [0.2, 0.25) is 0 Å². The molecule has 0 bridgehead atoms. The lowest BCUT2D eigenvalue weighted by Crippen LogP contribution is -2.30. The van der Waals surface area contributed by atoms with Crippen molar-refractivity contribution in [2.45, 2.75) is 26.9 Å². The molecule has 0 aliphatic heterocycles. The molecule has 1 atom stereocenters. The number of hydrogen-bond acceptors (Lipinski definition) is 7. The van der Waals surface area contributed by atoms with E-state index in [1.54, 1.807) is 24.3 Å². The highest BCUT2D eigenvalue weighted by atomic mass is 16.6. The smallest absolute Gasteiger partial charge is 0.308 e. The number of carbonyl (C=O) groups excluding carboxylic acids is 3. The van der Waals surface area contributed by atoms with Crippen molar-refractivity contribution in [2.75, 3.05) is 13.2 Å². The molecule has 1 unspecified atom stereocenters. The van der Waals surface area contributed by atoms with E-state index >= 15 is 0 Å². The Balaban J connectivity index is 2.68. The van der Waals surface area contributed by atoms with Gasteiger partial charge in [0.25, 0.3) is 0 Å². The molecule has 0 aromatic heterocycles. The Labute approximate surface area is 128 Å². The molecule has 0 aliphatic rings. The first-order valence-electron chi connectivity index (χ1n) is 6.59. The summed E-state index contributed by atoms with van der Waals surface area (Å²) < 4.78 is 20.3. The minimum atomic E-state index is -0.758. The van der Waals surface area contributed by atoms with Crippen molar-refractivity contribution in [3.05, 3.63) is 24.3 Å². The predicted molar refractivity (Wildman–Crippen MR) is 75.4 cm³/mol. The average molecular weight is 310 g/mol. The Hall–Kier alpha value is -2.57. The van der Waals surface area contributed by atoms with E-state index in [2.05, 4.69) is 0 Å². The molecule has 0 spiro atoms. The maximum Gasteiger partial charge on any atom is 0.308 e. The normalized spacial score (nSPS) is 11.2. The van der Waals surface area contributed by atoms with E-state index in [1.807, 2.05) is 0 Å². The predicted octanol–water partition coefficient (Wildman–Crippen LogP) is 1.49. The number of benzene rings is 1. The molecule has 0 fully saturated rings. The third-order valence-electron chi connectivity index (χ3n) is 2.33. The second-order valence-corrected chi connectivity index (χ2v) is 4.39. The Morgan fingerprint density at radius 3 is 2.09 bits per heavy atom. The first kappa shape index (κ1) is 17.5. The zero-order valence-corrected chi connectivity index (χ0v) is 12.7. The van der Waals surface area contributed by atoms with Gasteiger partial charge in [-0.3, -0.25) is 14.4 Å². The third-order valence-corrected chi connectivity index (χ3v) is 2.33. The van der Waals surface area contributed by atoms with Crippen molar-refractivity contribution < 1.29 is 33.3 Å². The zero-order valence-electron chi connectivity index (χ0n) is 12.7. The van der Waals surface area contributed by atoms with Crippen molar-refractivity contribution in [3.8, 4) is 11.5 Å². The molecule has 1 aromatic rings. The van der Waals surface area contributed by atoms with Crippen molar-refractivity contribution in [2.24, 2.45) is 0 Å². The number of carbonyl (C=O) groups is 3. The Kier molecular flexibility index (Phi) is 6.88. The minimum Gasteiger partial charge on any atom is -0.486 e. The molecule has 1 aromatic carbocycles. The fourth-order valence-corrected chi connectivity index (χ4v) is 1.55. The highest BCUT2D eigenvalue weighted by molar-refractivity contribution is 5.70. The molecular weight excluding hydrogens is 292 g/mol. The second-order valence-electron chi connectivity index (χ2n) is 4.39. The van der Waals surface area contributed by atoms with Gasteiger partial charge < -0.3 is 18.9 Å². The maximum atomic E-state index is 11.0. The molecule has 7 heteroatoms.